The average molecular weight is 245 g/mol. The number of nitrogens with zero attached hydrogens (tertiary/aromatic N) is 3. The summed E-state index contributed by atoms with van der Waals surface area (Å²) in [6.45, 7) is 4.28. The van der Waals surface area contributed by atoms with Crippen molar-refractivity contribution < 1.29 is 0 Å². The van der Waals surface area contributed by atoms with Gasteiger partial charge >= 0.3 is 0 Å². The topological polar surface area (TPSA) is 68.8 Å². The van der Waals surface area contributed by atoms with Gasteiger partial charge < -0.3 is 0 Å². The minimum Gasteiger partial charge on any atom is -0.271 e. The Morgan fingerprint density at radius 3 is 2.67 bits per heavy atom. The van der Waals surface area contributed by atoms with E-state index in [4.69, 9.17) is 5.84 Å². The molecule has 0 fully saturated rings. The highest BCUT2D eigenvalue weighted by Gasteiger charge is 2.19. The van der Waals surface area contributed by atoms with Crippen molar-refractivity contribution in [3.63, 3.8) is 0 Å². The zero-order valence-electron chi connectivity index (χ0n) is 10.7. The maximum absolute atomic E-state index is 5.60. The summed E-state index contributed by atoms with van der Waals surface area (Å²) in [5, 5.41) is 8.77. The van der Waals surface area contributed by atoms with Crippen molar-refractivity contribution in [2.75, 3.05) is 0 Å². The van der Waals surface area contributed by atoms with Gasteiger partial charge in [0.2, 0.25) is 0 Å². The summed E-state index contributed by atoms with van der Waals surface area (Å²) in [7, 11) is 0. The Labute approximate surface area is 107 Å². The van der Waals surface area contributed by atoms with Crippen LogP contribution in [0.25, 0.3) is 5.69 Å². The van der Waals surface area contributed by atoms with E-state index in [-0.39, 0.29) is 6.04 Å². The van der Waals surface area contributed by atoms with Crippen LogP contribution in [0.2, 0.25) is 0 Å². The lowest BCUT2D eigenvalue weighted by atomic mass is 9.98. The number of hydrazine groups is 1. The first-order valence-electron chi connectivity index (χ1n) is 6.20. The fourth-order valence-electron chi connectivity index (χ4n) is 1.88. The molecule has 0 spiro atoms. The molecule has 0 aliphatic carbocycles. The van der Waals surface area contributed by atoms with E-state index < -0.39 is 0 Å². The molecule has 0 aliphatic heterocycles. The first-order chi connectivity index (χ1) is 8.76. The number of nitrogens with two attached hydrogens (primary N) is 1. The van der Waals surface area contributed by atoms with Gasteiger partial charge in [0, 0.05) is 0 Å². The number of para-hydroxylation sites is 1. The molecule has 3 N–H and O–H groups in total. The Hall–Kier alpha value is -1.72. The Balaban J connectivity index is 2.25. The van der Waals surface area contributed by atoms with Crippen molar-refractivity contribution in [1.82, 2.24) is 20.4 Å². The highest BCUT2D eigenvalue weighted by atomic mass is 15.5. The molecule has 0 aliphatic rings. The van der Waals surface area contributed by atoms with Crippen LogP contribution >= 0.6 is 0 Å². The Morgan fingerprint density at radius 1 is 1.33 bits per heavy atom. The minimum absolute atomic E-state index is 0.0347. The number of aromatic nitrogens is 3. The molecule has 2 unspecified atom stereocenters. The molecule has 2 aromatic rings. The molecular formula is C13H19N5. The van der Waals surface area contributed by atoms with Gasteiger partial charge in [-0.15, -0.1) is 0 Å². The number of benzene rings is 1. The number of rotatable bonds is 5. The fourth-order valence-corrected chi connectivity index (χ4v) is 1.88. The quantitative estimate of drug-likeness (QED) is 0.622. The van der Waals surface area contributed by atoms with Gasteiger partial charge in [-0.05, 0) is 18.1 Å². The molecule has 18 heavy (non-hydrogen) atoms. The monoisotopic (exact) mass is 245 g/mol. The molecule has 0 saturated carbocycles. The number of hydrogen-bond donors (Lipinski definition) is 2. The summed E-state index contributed by atoms with van der Waals surface area (Å²) < 4.78 is 0. The second kappa shape index (κ2) is 5.75. The average Bonchev–Trinajstić information content (AvgIpc) is 2.90. The Kier molecular flexibility index (Phi) is 4.07. The maximum atomic E-state index is 5.60. The highest BCUT2D eigenvalue weighted by Crippen LogP contribution is 2.21. The zero-order chi connectivity index (χ0) is 13.0. The largest absolute Gasteiger partial charge is 0.271 e. The van der Waals surface area contributed by atoms with Crippen LogP contribution in [0.1, 0.15) is 32.0 Å². The predicted octanol–water partition coefficient (Wildman–Crippen LogP) is 1.82. The van der Waals surface area contributed by atoms with Crippen molar-refractivity contribution in [1.29, 1.82) is 0 Å². The predicted molar refractivity (Wildman–Crippen MR) is 70.9 cm³/mol. The number of nitrogens with one attached hydrogen (secondary N) is 1. The zero-order valence-corrected chi connectivity index (χ0v) is 10.7. The smallest absolute Gasteiger partial charge is 0.102 e. The van der Waals surface area contributed by atoms with Crippen LogP contribution in [-0.2, 0) is 0 Å². The minimum atomic E-state index is 0.0347. The normalized spacial score (nSPS) is 14.4. The number of hydrogen-bond acceptors (Lipinski definition) is 4. The summed E-state index contributed by atoms with van der Waals surface area (Å²) in [6, 6.07) is 9.87. The van der Waals surface area contributed by atoms with E-state index in [9.17, 15) is 0 Å². The summed E-state index contributed by atoms with van der Waals surface area (Å²) in [4.78, 5) is 1.63. The van der Waals surface area contributed by atoms with Crippen molar-refractivity contribution >= 4 is 0 Å². The van der Waals surface area contributed by atoms with Crippen LogP contribution in [0.4, 0.5) is 0 Å². The molecule has 96 valence electrons. The van der Waals surface area contributed by atoms with Gasteiger partial charge in [0.05, 0.1) is 17.9 Å². The van der Waals surface area contributed by atoms with E-state index in [2.05, 4.69) is 29.5 Å². The lowest BCUT2D eigenvalue weighted by Gasteiger charge is -2.19. The summed E-state index contributed by atoms with van der Waals surface area (Å²) >= 11 is 0. The van der Waals surface area contributed by atoms with E-state index in [1.807, 2.05) is 30.3 Å². The van der Waals surface area contributed by atoms with Crippen LogP contribution in [0.3, 0.4) is 0 Å². The van der Waals surface area contributed by atoms with Crippen LogP contribution in [0.15, 0.2) is 36.5 Å². The molecule has 0 bridgehead atoms. The molecule has 5 nitrogen and oxygen atoms in total. The summed E-state index contributed by atoms with van der Waals surface area (Å²) in [5.74, 6) is 6.02. The highest BCUT2D eigenvalue weighted by molar-refractivity contribution is 5.28. The molecule has 0 amide bonds. The van der Waals surface area contributed by atoms with Gasteiger partial charge in [0.15, 0.2) is 0 Å². The van der Waals surface area contributed by atoms with Crippen molar-refractivity contribution in [3.05, 3.63) is 42.2 Å². The Morgan fingerprint density at radius 2 is 2.06 bits per heavy atom. The summed E-state index contributed by atoms with van der Waals surface area (Å²) in [5.41, 5.74) is 4.64. The third-order valence-electron chi connectivity index (χ3n) is 3.21. The standard InChI is InChI=1S/C13H19N5/c1-3-10(2)13(16-14)12-9-15-18(17-12)11-7-5-4-6-8-11/h4-10,13,16H,3,14H2,1-2H3. The van der Waals surface area contributed by atoms with Crippen molar-refractivity contribution in [2.24, 2.45) is 11.8 Å². The maximum Gasteiger partial charge on any atom is 0.102 e. The van der Waals surface area contributed by atoms with Gasteiger partial charge in [-0.25, -0.2) is 0 Å². The van der Waals surface area contributed by atoms with Gasteiger partial charge in [0.1, 0.15) is 5.69 Å². The second-order valence-electron chi connectivity index (χ2n) is 4.42. The molecule has 0 radical (unpaired) electrons. The summed E-state index contributed by atoms with van der Waals surface area (Å²) in [6.07, 6.45) is 2.80. The third kappa shape index (κ3) is 2.57. The van der Waals surface area contributed by atoms with Gasteiger partial charge in [0.25, 0.3) is 0 Å². The van der Waals surface area contributed by atoms with Crippen LogP contribution in [0.5, 0.6) is 0 Å². The third-order valence-corrected chi connectivity index (χ3v) is 3.21. The molecule has 1 aromatic carbocycles. The van der Waals surface area contributed by atoms with Crippen molar-refractivity contribution in [2.45, 2.75) is 26.3 Å². The lowest BCUT2D eigenvalue weighted by molar-refractivity contribution is 0.374. The molecule has 1 aromatic heterocycles. The SMILES string of the molecule is CCC(C)C(NN)c1cnn(-c2ccccc2)n1. The van der Waals surface area contributed by atoms with E-state index in [0.29, 0.717) is 5.92 Å². The molecular weight excluding hydrogens is 226 g/mol. The van der Waals surface area contributed by atoms with E-state index in [0.717, 1.165) is 17.8 Å². The Bertz CT molecular complexity index is 479. The lowest BCUT2D eigenvalue weighted by Crippen LogP contribution is -2.32. The fraction of sp³-hybridized carbons (Fsp3) is 0.385. The molecule has 2 atom stereocenters. The van der Waals surface area contributed by atoms with E-state index >= 15 is 0 Å². The van der Waals surface area contributed by atoms with Crippen LogP contribution in [-0.4, -0.2) is 15.0 Å². The van der Waals surface area contributed by atoms with Crippen molar-refractivity contribution in [3.8, 4) is 5.69 Å². The van der Waals surface area contributed by atoms with Crippen LogP contribution in [0, 0.1) is 5.92 Å². The molecule has 5 heteroatoms. The first-order valence-corrected chi connectivity index (χ1v) is 6.20. The van der Waals surface area contributed by atoms with Gasteiger partial charge in [-0.2, -0.15) is 15.0 Å². The van der Waals surface area contributed by atoms with E-state index in [1.54, 1.807) is 11.0 Å². The van der Waals surface area contributed by atoms with Gasteiger partial charge in [-0.3, -0.25) is 11.3 Å². The molecule has 1 heterocycles. The van der Waals surface area contributed by atoms with Crippen LogP contribution < -0.4 is 11.3 Å². The van der Waals surface area contributed by atoms with E-state index in [1.165, 1.54) is 0 Å². The molecule has 2 rings (SSSR count). The molecule has 0 saturated heterocycles. The first kappa shape index (κ1) is 12.7. The van der Waals surface area contributed by atoms with Gasteiger partial charge in [-0.1, -0.05) is 38.5 Å². The second-order valence-corrected chi connectivity index (χ2v) is 4.42.